The standard InChI is InChI=1S/Ba.2GeHO2/c;2*2-1-3/h;2*1H/q+2;2*-1. The van der Waals surface area contributed by atoms with E-state index in [4.69, 9.17) is 15.8 Å². The molecule has 0 spiro atoms. The van der Waals surface area contributed by atoms with E-state index in [1.54, 1.807) is 0 Å². The van der Waals surface area contributed by atoms with Crippen LogP contribution in [0.5, 0.6) is 0 Å². The van der Waals surface area contributed by atoms with Crippen LogP contribution in [0.15, 0.2) is 0 Å². The predicted molar refractivity (Wildman–Crippen MR) is 21.4 cm³/mol. The number of hydrogen-bond acceptors (Lipinski definition) is 4. The van der Waals surface area contributed by atoms with Gasteiger partial charge in [0.05, 0.1) is 0 Å². The quantitative estimate of drug-likeness (QED) is 0.415. The van der Waals surface area contributed by atoms with Gasteiger partial charge in [-0.15, -0.1) is 0 Å². The molecule has 36 valence electrons. The zero-order chi connectivity index (χ0) is 5.41. The maximum atomic E-state index is 8.53. The van der Waals surface area contributed by atoms with Gasteiger partial charge >= 0.3 is 96.1 Å². The van der Waals surface area contributed by atoms with E-state index in [9.17, 15) is 0 Å². The molecule has 0 rings (SSSR count). The molecular formula is H2BaGe2O4. The van der Waals surface area contributed by atoms with E-state index in [0.29, 0.717) is 0 Å². The Balaban J connectivity index is -0.0000000400. The summed E-state index contributed by atoms with van der Waals surface area (Å²) in [5, 5.41) is 0. The van der Waals surface area contributed by atoms with Gasteiger partial charge in [-0.2, -0.15) is 0 Å². The molecule has 0 aromatic heterocycles. The van der Waals surface area contributed by atoms with E-state index in [0.717, 1.165) is 0 Å². The first-order valence-electron chi connectivity index (χ1n) is 0.943. The Morgan fingerprint density at radius 1 is 1.00 bits per heavy atom. The Morgan fingerprint density at radius 2 is 1.00 bits per heavy atom. The third kappa shape index (κ3) is 78.2. The summed E-state index contributed by atoms with van der Waals surface area (Å²) in [5.74, 6) is 0. The Labute approximate surface area is 94.2 Å². The zero-order valence-corrected chi connectivity index (χ0v) is 12.8. The van der Waals surface area contributed by atoms with Crippen LogP contribution in [-0.4, -0.2) is 80.3 Å². The van der Waals surface area contributed by atoms with Gasteiger partial charge in [0.1, 0.15) is 0 Å². The number of rotatable bonds is 0. The Hall–Kier alpha value is 1.86. The molecule has 0 aromatic rings. The molecule has 7 heavy (non-hydrogen) atoms. The molecule has 0 saturated carbocycles. The second kappa shape index (κ2) is 24.8. The van der Waals surface area contributed by atoms with Crippen molar-refractivity contribution in [2.45, 2.75) is 0 Å². The summed E-state index contributed by atoms with van der Waals surface area (Å²) in [6.07, 6.45) is 0. The summed E-state index contributed by atoms with van der Waals surface area (Å²) >= 11 is -4.38. The molecule has 0 aliphatic heterocycles. The monoisotopic (exact) mass is 352 g/mol. The fraction of sp³-hybridized carbons (Fsp3) is 0. The first-order chi connectivity index (χ1) is 2.83. The molecule has 0 aliphatic rings. The summed E-state index contributed by atoms with van der Waals surface area (Å²) in [6.45, 7) is 0. The van der Waals surface area contributed by atoms with Gasteiger partial charge in [0.15, 0.2) is 0 Å². The van der Waals surface area contributed by atoms with Gasteiger partial charge in [-0.05, 0) is 0 Å². The predicted octanol–water partition coefficient (Wildman–Crippen LogP) is -4.29. The van der Waals surface area contributed by atoms with Crippen molar-refractivity contribution in [2.24, 2.45) is 0 Å². The Bertz CT molecular complexity index is 30.7. The van der Waals surface area contributed by atoms with Crippen LogP contribution in [0.3, 0.4) is 0 Å². The van der Waals surface area contributed by atoms with Crippen molar-refractivity contribution < 1.29 is 15.8 Å². The van der Waals surface area contributed by atoms with E-state index < -0.39 is 31.4 Å². The average molecular weight is 349 g/mol. The van der Waals surface area contributed by atoms with Crippen molar-refractivity contribution in [1.29, 1.82) is 0 Å². The fourth-order valence-electron chi connectivity index (χ4n) is 0. The Morgan fingerprint density at radius 3 is 1.00 bits per heavy atom. The molecule has 0 bridgehead atoms. The second-order valence-corrected chi connectivity index (χ2v) is 1.00. The van der Waals surface area contributed by atoms with Crippen molar-refractivity contribution in [3.63, 3.8) is 0 Å². The van der Waals surface area contributed by atoms with Gasteiger partial charge in [0.2, 0.25) is 0 Å². The molecule has 0 unspecified atom stereocenters. The van der Waals surface area contributed by atoms with E-state index in [1.165, 1.54) is 0 Å². The molecule has 0 heterocycles. The van der Waals surface area contributed by atoms with Crippen molar-refractivity contribution in [3.8, 4) is 0 Å². The van der Waals surface area contributed by atoms with Gasteiger partial charge in [-0.3, -0.25) is 0 Å². The minimum atomic E-state index is -2.19. The second-order valence-electron chi connectivity index (χ2n) is 0.192. The molecular weight excluding hydrogens is 347 g/mol. The molecule has 0 radical (unpaired) electrons. The molecule has 4 nitrogen and oxygen atoms in total. The molecule has 7 heteroatoms. The minimum absolute atomic E-state index is 0. The summed E-state index contributed by atoms with van der Waals surface area (Å²) in [6, 6.07) is 0. The van der Waals surface area contributed by atoms with Crippen LogP contribution in [0.25, 0.3) is 0 Å². The van der Waals surface area contributed by atoms with Crippen LogP contribution in [0.4, 0.5) is 0 Å². The summed E-state index contributed by atoms with van der Waals surface area (Å²) < 4.78 is 34.1. The molecule has 0 fully saturated rings. The first kappa shape index (κ1) is 15.9. The average Bonchev–Trinajstić information content (AvgIpc) is 1.39. The Kier molecular flexibility index (Phi) is 56.5. The number of hydrogen-bond donors (Lipinski definition) is 0. The van der Waals surface area contributed by atoms with Crippen LogP contribution in [0, 0.1) is 0 Å². The van der Waals surface area contributed by atoms with Crippen LogP contribution in [0.2, 0.25) is 0 Å². The maximum absolute atomic E-state index is 8.53. The summed E-state index contributed by atoms with van der Waals surface area (Å²) in [4.78, 5) is 0. The van der Waals surface area contributed by atoms with Gasteiger partial charge in [0, 0.05) is 0 Å². The molecule has 0 amide bonds. The van der Waals surface area contributed by atoms with Gasteiger partial charge in [-0.1, -0.05) is 0 Å². The summed E-state index contributed by atoms with van der Waals surface area (Å²) in [7, 11) is 0. The molecule has 0 aromatic carbocycles. The normalized spacial score (nSPS) is 3.43. The van der Waals surface area contributed by atoms with Gasteiger partial charge < -0.3 is 0 Å². The van der Waals surface area contributed by atoms with Gasteiger partial charge in [-0.25, -0.2) is 0 Å². The van der Waals surface area contributed by atoms with Crippen molar-refractivity contribution in [1.82, 2.24) is 0 Å². The van der Waals surface area contributed by atoms with Crippen LogP contribution >= 0.6 is 0 Å². The summed E-state index contributed by atoms with van der Waals surface area (Å²) in [5.41, 5.74) is 0. The van der Waals surface area contributed by atoms with Crippen molar-refractivity contribution in [2.75, 3.05) is 0 Å². The van der Waals surface area contributed by atoms with Crippen molar-refractivity contribution >= 4 is 80.3 Å². The molecule has 0 atom stereocenters. The molecule has 0 aliphatic carbocycles. The first-order valence-corrected chi connectivity index (χ1v) is 4.90. The van der Waals surface area contributed by atoms with Crippen LogP contribution in [0.1, 0.15) is 0 Å². The van der Waals surface area contributed by atoms with Gasteiger partial charge in [0.25, 0.3) is 0 Å². The topological polar surface area (TPSA) is 80.3 Å². The third-order valence-corrected chi connectivity index (χ3v) is 0. The molecule has 0 saturated heterocycles. The third-order valence-electron chi connectivity index (χ3n) is 0. The van der Waals surface area contributed by atoms with Crippen LogP contribution < -0.4 is 8.27 Å². The van der Waals surface area contributed by atoms with E-state index in [-0.39, 0.29) is 48.9 Å². The fourth-order valence-corrected chi connectivity index (χ4v) is 0. The van der Waals surface area contributed by atoms with E-state index in [1.807, 2.05) is 0 Å². The van der Waals surface area contributed by atoms with E-state index in [2.05, 4.69) is 0 Å². The van der Waals surface area contributed by atoms with Crippen molar-refractivity contribution in [3.05, 3.63) is 0 Å². The van der Waals surface area contributed by atoms with E-state index >= 15 is 0 Å². The molecule has 0 N–H and O–H groups in total. The van der Waals surface area contributed by atoms with Crippen LogP contribution in [-0.2, 0) is 7.56 Å². The SMILES string of the molecule is [Ba+2].[O]=[GeH][O-].[O]=[GeH][O-]. The zero-order valence-electron chi connectivity index (χ0n) is 3.49.